The summed E-state index contributed by atoms with van der Waals surface area (Å²) in [4.78, 5) is 17.9. The van der Waals surface area contributed by atoms with E-state index in [-0.39, 0.29) is 22.2 Å². The van der Waals surface area contributed by atoms with Crippen LogP contribution in [0.15, 0.2) is 116 Å². The summed E-state index contributed by atoms with van der Waals surface area (Å²) in [5.74, 6) is -0.0119. The summed E-state index contributed by atoms with van der Waals surface area (Å²) in [6.07, 6.45) is 1.49. The normalized spacial score (nSPS) is 11.6. The molecule has 10 heteroatoms. The molecule has 0 aliphatic rings. The van der Waals surface area contributed by atoms with Crippen molar-refractivity contribution in [2.75, 3.05) is 11.8 Å². The molecule has 0 saturated carbocycles. The van der Waals surface area contributed by atoms with Crippen molar-refractivity contribution in [2.45, 2.75) is 4.90 Å². The zero-order chi connectivity index (χ0) is 27.6. The van der Waals surface area contributed by atoms with Gasteiger partial charge < -0.3 is 9.84 Å². The number of hydrogen-bond acceptors (Lipinski definition) is 6. The summed E-state index contributed by atoms with van der Waals surface area (Å²) in [5.41, 5.74) is 0.895. The highest BCUT2D eigenvalue weighted by Gasteiger charge is 2.20. The van der Waals surface area contributed by atoms with E-state index in [0.29, 0.717) is 27.8 Å². The molecule has 5 rings (SSSR count). The van der Waals surface area contributed by atoms with Crippen LogP contribution in [0, 0.1) is 0 Å². The standard InChI is InChI=1S/C29H22BrN3O5S/c1-38-27-12-5-4-11-26(27)32-39(36,37)22-8-6-7-21(17-22)33-28(34)24-10-3-2-9-23(24)25(29(33)35)18-31-20-15-13-19(30)14-16-20/h2-18,32,35H,1H3. The van der Waals surface area contributed by atoms with E-state index < -0.39 is 15.6 Å². The third-order valence-electron chi connectivity index (χ3n) is 6.01. The quantitative estimate of drug-likeness (QED) is 0.221. The molecule has 0 saturated heterocycles. The number of sulfonamides is 1. The number of rotatable bonds is 7. The summed E-state index contributed by atoms with van der Waals surface area (Å²) in [6, 6.07) is 26.6. The van der Waals surface area contributed by atoms with Gasteiger partial charge in [0.1, 0.15) is 5.75 Å². The maximum Gasteiger partial charge on any atom is 0.265 e. The second-order valence-corrected chi connectivity index (χ2v) is 11.1. The minimum Gasteiger partial charge on any atom is -0.495 e. The van der Waals surface area contributed by atoms with E-state index in [4.69, 9.17) is 4.74 Å². The van der Waals surface area contributed by atoms with Gasteiger partial charge in [-0.15, -0.1) is 0 Å². The first-order chi connectivity index (χ1) is 18.8. The number of nitrogens with one attached hydrogen (secondary N) is 1. The molecule has 0 amide bonds. The predicted octanol–water partition coefficient (Wildman–Crippen LogP) is 6.02. The Labute approximate surface area is 233 Å². The highest BCUT2D eigenvalue weighted by molar-refractivity contribution is 9.10. The Balaban J connectivity index is 1.63. The highest BCUT2D eigenvalue weighted by Crippen LogP contribution is 2.29. The molecular weight excluding hydrogens is 582 g/mol. The van der Waals surface area contributed by atoms with Crippen LogP contribution in [0.3, 0.4) is 0 Å². The van der Waals surface area contributed by atoms with Crippen LogP contribution in [0.1, 0.15) is 5.56 Å². The Morgan fingerprint density at radius 2 is 1.62 bits per heavy atom. The summed E-state index contributed by atoms with van der Waals surface area (Å²) in [7, 11) is -2.62. The number of para-hydroxylation sites is 2. The van der Waals surface area contributed by atoms with Crippen LogP contribution in [-0.4, -0.2) is 31.4 Å². The first-order valence-electron chi connectivity index (χ1n) is 11.7. The average molecular weight is 604 g/mol. The molecule has 5 aromatic rings. The van der Waals surface area contributed by atoms with Crippen LogP contribution in [-0.2, 0) is 10.0 Å². The number of pyridine rings is 1. The molecule has 0 bridgehead atoms. The predicted molar refractivity (Wildman–Crippen MR) is 156 cm³/mol. The van der Waals surface area contributed by atoms with Crippen molar-refractivity contribution in [1.82, 2.24) is 4.57 Å². The van der Waals surface area contributed by atoms with E-state index in [1.807, 2.05) is 12.1 Å². The molecule has 4 aromatic carbocycles. The van der Waals surface area contributed by atoms with Gasteiger partial charge in [-0.05, 0) is 60.7 Å². The van der Waals surface area contributed by atoms with Gasteiger partial charge in [0, 0.05) is 21.5 Å². The zero-order valence-electron chi connectivity index (χ0n) is 20.6. The second kappa shape index (κ2) is 10.8. The van der Waals surface area contributed by atoms with Gasteiger partial charge in [0.25, 0.3) is 15.6 Å². The number of aromatic hydroxyl groups is 1. The second-order valence-electron chi connectivity index (χ2n) is 8.46. The first-order valence-corrected chi connectivity index (χ1v) is 14.0. The molecule has 1 heterocycles. The number of benzene rings is 4. The van der Waals surface area contributed by atoms with Gasteiger partial charge in [0.15, 0.2) is 0 Å². The van der Waals surface area contributed by atoms with Gasteiger partial charge in [-0.3, -0.25) is 14.5 Å². The molecule has 0 fully saturated rings. The van der Waals surface area contributed by atoms with Crippen molar-refractivity contribution in [3.8, 4) is 17.3 Å². The number of methoxy groups -OCH3 is 1. The maximum absolute atomic E-state index is 13.5. The molecule has 0 unspecified atom stereocenters. The fourth-order valence-corrected chi connectivity index (χ4v) is 5.49. The minimum atomic E-state index is -4.06. The van der Waals surface area contributed by atoms with Crippen LogP contribution >= 0.6 is 15.9 Å². The molecule has 0 radical (unpaired) electrons. The Morgan fingerprint density at radius 3 is 2.36 bits per heavy atom. The average Bonchev–Trinajstić information content (AvgIpc) is 2.94. The molecule has 2 N–H and O–H groups in total. The van der Waals surface area contributed by atoms with E-state index >= 15 is 0 Å². The van der Waals surface area contributed by atoms with Crippen LogP contribution in [0.25, 0.3) is 16.5 Å². The third-order valence-corrected chi connectivity index (χ3v) is 7.90. The summed E-state index contributed by atoms with van der Waals surface area (Å²) >= 11 is 3.39. The number of anilines is 1. The van der Waals surface area contributed by atoms with Crippen molar-refractivity contribution < 1.29 is 18.3 Å². The van der Waals surface area contributed by atoms with E-state index in [1.165, 1.54) is 31.5 Å². The van der Waals surface area contributed by atoms with Gasteiger partial charge in [-0.2, -0.15) is 0 Å². The minimum absolute atomic E-state index is 0.101. The van der Waals surface area contributed by atoms with E-state index in [1.54, 1.807) is 66.7 Å². The van der Waals surface area contributed by atoms with Gasteiger partial charge in [0.2, 0.25) is 5.88 Å². The molecule has 0 aliphatic heterocycles. The number of ether oxygens (including phenoxy) is 1. The Kier molecular flexibility index (Phi) is 7.23. The van der Waals surface area contributed by atoms with E-state index in [0.717, 1.165) is 9.04 Å². The van der Waals surface area contributed by atoms with Gasteiger partial charge in [-0.25, -0.2) is 13.0 Å². The Morgan fingerprint density at radius 1 is 0.923 bits per heavy atom. The molecule has 1 aromatic heterocycles. The van der Waals surface area contributed by atoms with Crippen molar-refractivity contribution in [2.24, 2.45) is 4.99 Å². The molecular formula is C29H22BrN3O5S. The number of halogens is 1. The lowest BCUT2D eigenvalue weighted by atomic mass is 10.1. The van der Waals surface area contributed by atoms with Crippen LogP contribution in [0.4, 0.5) is 11.4 Å². The topological polar surface area (TPSA) is 110 Å². The lowest BCUT2D eigenvalue weighted by Crippen LogP contribution is -2.21. The fourth-order valence-electron chi connectivity index (χ4n) is 4.12. The highest BCUT2D eigenvalue weighted by atomic mass is 79.9. The molecule has 0 spiro atoms. The summed E-state index contributed by atoms with van der Waals surface area (Å²) < 4.78 is 36.2. The zero-order valence-corrected chi connectivity index (χ0v) is 23.0. The first kappa shape index (κ1) is 26.2. The van der Waals surface area contributed by atoms with Gasteiger partial charge in [-0.1, -0.05) is 52.3 Å². The van der Waals surface area contributed by atoms with Crippen LogP contribution in [0.5, 0.6) is 11.6 Å². The van der Waals surface area contributed by atoms with Crippen molar-refractivity contribution in [1.29, 1.82) is 0 Å². The summed E-state index contributed by atoms with van der Waals surface area (Å²) in [6.45, 7) is 0. The van der Waals surface area contributed by atoms with Gasteiger partial charge in [0.05, 0.1) is 34.6 Å². The third kappa shape index (κ3) is 5.29. The lowest BCUT2D eigenvalue weighted by molar-refractivity contribution is 0.417. The monoisotopic (exact) mass is 603 g/mol. The van der Waals surface area contributed by atoms with Crippen LogP contribution < -0.4 is 15.0 Å². The van der Waals surface area contributed by atoms with E-state index in [9.17, 15) is 18.3 Å². The number of aliphatic imine (C=N–C) groups is 1. The fraction of sp³-hybridized carbons (Fsp3) is 0.0345. The van der Waals surface area contributed by atoms with Gasteiger partial charge >= 0.3 is 0 Å². The Bertz CT molecular complexity index is 1880. The summed E-state index contributed by atoms with van der Waals surface area (Å²) in [5, 5.41) is 12.2. The molecule has 0 atom stereocenters. The number of aromatic nitrogens is 1. The molecule has 0 aliphatic carbocycles. The van der Waals surface area contributed by atoms with Crippen molar-refractivity contribution in [3.63, 3.8) is 0 Å². The van der Waals surface area contributed by atoms with Crippen molar-refractivity contribution >= 4 is 54.3 Å². The number of hydrogen-bond donors (Lipinski definition) is 2. The largest absolute Gasteiger partial charge is 0.495 e. The number of nitrogens with zero attached hydrogens (tertiary/aromatic N) is 2. The smallest absolute Gasteiger partial charge is 0.265 e. The molecule has 39 heavy (non-hydrogen) atoms. The molecule has 8 nitrogen and oxygen atoms in total. The lowest BCUT2D eigenvalue weighted by Gasteiger charge is -2.15. The van der Waals surface area contributed by atoms with Crippen molar-refractivity contribution in [3.05, 3.63) is 117 Å². The SMILES string of the molecule is COc1ccccc1NS(=O)(=O)c1cccc(-n2c(O)c(C=Nc3ccc(Br)cc3)c3ccccc3c2=O)c1. The van der Waals surface area contributed by atoms with Crippen LogP contribution in [0.2, 0.25) is 0 Å². The maximum atomic E-state index is 13.5. The van der Waals surface area contributed by atoms with E-state index in [2.05, 4.69) is 25.6 Å². The Hall–Kier alpha value is -4.41. The number of fused-ring (bicyclic) bond motifs is 1. The molecule has 196 valence electrons.